The number of nitrogens with zero attached hydrogens (tertiary/aromatic N) is 5. The smallest absolute Gasteiger partial charge is 0.245 e. The second-order valence-electron chi connectivity index (χ2n) is 9.71. The minimum Gasteiger partial charge on any atom is -0.508 e. The lowest BCUT2D eigenvalue weighted by atomic mass is 10.2. The van der Waals surface area contributed by atoms with Crippen LogP contribution in [0, 0.1) is 0 Å². The summed E-state index contributed by atoms with van der Waals surface area (Å²) in [6.07, 6.45) is 3.07. The molecule has 0 amide bonds. The zero-order valence-electron chi connectivity index (χ0n) is 21.3. The Balaban J connectivity index is 1.31. The van der Waals surface area contributed by atoms with Gasteiger partial charge >= 0.3 is 0 Å². The average molecular weight is 558 g/mol. The van der Waals surface area contributed by atoms with E-state index in [2.05, 4.69) is 49.6 Å². The van der Waals surface area contributed by atoms with Gasteiger partial charge in [-0.3, -0.25) is 4.90 Å². The molecule has 2 aliphatic rings. The molecule has 12 heteroatoms. The summed E-state index contributed by atoms with van der Waals surface area (Å²) in [4.78, 5) is 13.5. The van der Waals surface area contributed by atoms with Crippen LogP contribution < -0.4 is 10.6 Å². The van der Waals surface area contributed by atoms with Gasteiger partial charge in [0, 0.05) is 57.6 Å². The molecule has 10 nitrogen and oxygen atoms in total. The molecule has 202 valence electrons. The SMILES string of the molecule is CN1CCN(Cc2ccc(Nc3ncc(Cl)c(Nc4ccc(O)cc4S(=O)(=O)N4CCCC4)n3)cc2)CC1. The first-order valence-electron chi connectivity index (χ1n) is 12.7. The van der Waals surface area contributed by atoms with Crippen LogP contribution >= 0.6 is 11.6 Å². The van der Waals surface area contributed by atoms with Crippen molar-refractivity contribution >= 4 is 44.8 Å². The van der Waals surface area contributed by atoms with E-state index in [-0.39, 0.29) is 27.2 Å². The Morgan fingerprint density at radius 2 is 1.68 bits per heavy atom. The van der Waals surface area contributed by atoms with E-state index in [1.165, 1.54) is 34.3 Å². The van der Waals surface area contributed by atoms with Crippen molar-refractivity contribution in [2.45, 2.75) is 24.3 Å². The van der Waals surface area contributed by atoms with E-state index in [1.54, 1.807) is 0 Å². The first kappa shape index (κ1) is 26.6. The van der Waals surface area contributed by atoms with Crippen LogP contribution in [-0.2, 0) is 16.6 Å². The molecule has 0 bridgehead atoms. The molecular weight excluding hydrogens is 526 g/mol. The number of hydrogen-bond donors (Lipinski definition) is 3. The van der Waals surface area contributed by atoms with E-state index in [9.17, 15) is 13.5 Å². The third-order valence-corrected chi connectivity index (χ3v) is 9.07. The molecule has 0 unspecified atom stereocenters. The van der Waals surface area contributed by atoms with E-state index < -0.39 is 10.0 Å². The third kappa shape index (κ3) is 6.19. The molecule has 2 aliphatic heterocycles. The fourth-order valence-corrected chi connectivity index (χ4v) is 6.45. The largest absolute Gasteiger partial charge is 0.508 e. The normalized spacial score (nSPS) is 17.5. The number of rotatable bonds is 8. The lowest BCUT2D eigenvalue weighted by molar-refractivity contribution is 0.148. The molecule has 2 aromatic carbocycles. The van der Waals surface area contributed by atoms with Crippen molar-refractivity contribution < 1.29 is 13.5 Å². The molecule has 0 aliphatic carbocycles. The van der Waals surface area contributed by atoms with Gasteiger partial charge in [0.2, 0.25) is 16.0 Å². The highest BCUT2D eigenvalue weighted by atomic mass is 35.5. The summed E-state index contributed by atoms with van der Waals surface area (Å²) in [5.74, 6) is 0.423. The van der Waals surface area contributed by atoms with Crippen molar-refractivity contribution in [3.8, 4) is 5.75 Å². The number of halogens is 1. The van der Waals surface area contributed by atoms with Gasteiger partial charge in [0.1, 0.15) is 15.7 Å². The maximum absolute atomic E-state index is 13.3. The minimum atomic E-state index is -3.80. The van der Waals surface area contributed by atoms with Crippen LogP contribution in [0.3, 0.4) is 0 Å². The molecule has 0 radical (unpaired) electrons. The highest BCUT2D eigenvalue weighted by molar-refractivity contribution is 7.89. The highest BCUT2D eigenvalue weighted by Crippen LogP contribution is 2.33. The van der Waals surface area contributed by atoms with Gasteiger partial charge in [-0.1, -0.05) is 23.7 Å². The van der Waals surface area contributed by atoms with Crippen molar-refractivity contribution in [3.05, 3.63) is 59.2 Å². The van der Waals surface area contributed by atoms with E-state index in [1.807, 2.05) is 12.1 Å². The van der Waals surface area contributed by atoms with Gasteiger partial charge < -0.3 is 20.6 Å². The quantitative estimate of drug-likeness (QED) is 0.355. The summed E-state index contributed by atoms with van der Waals surface area (Å²) in [5, 5.41) is 16.5. The van der Waals surface area contributed by atoms with Crippen molar-refractivity contribution in [2.75, 3.05) is 56.9 Å². The van der Waals surface area contributed by atoms with E-state index in [4.69, 9.17) is 11.6 Å². The van der Waals surface area contributed by atoms with Gasteiger partial charge in [-0.2, -0.15) is 9.29 Å². The first-order valence-corrected chi connectivity index (χ1v) is 14.5. The Bertz CT molecular complexity index is 1370. The standard InChI is InChI=1S/C26H32ClN7O3S/c1-32-12-14-33(15-13-32)18-19-4-6-20(7-5-19)29-26-28-17-22(27)25(31-26)30-23-9-8-21(35)16-24(23)38(36,37)34-10-2-3-11-34/h4-9,16-17,35H,2-3,10-15,18H2,1H3,(H2,28,29,30,31). The van der Waals surface area contributed by atoms with Crippen molar-refractivity contribution in [2.24, 2.45) is 0 Å². The number of nitrogens with one attached hydrogen (secondary N) is 2. The molecule has 2 fully saturated rings. The lowest BCUT2D eigenvalue weighted by Gasteiger charge is -2.32. The maximum atomic E-state index is 13.3. The fraction of sp³-hybridized carbons (Fsp3) is 0.385. The molecule has 2 saturated heterocycles. The summed E-state index contributed by atoms with van der Waals surface area (Å²) in [7, 11) is -1.65. The van der Waals surface area contributed by atoms with Crippen LogP contribution in [0.5, 0.6) is 5.75 Å². The third-order valence-electron chi connectivity index (χ3n) is 6.86. The first-order chi connectivity index (χ1) is 18.3. The topological polar surface area (TPSA) is 114 Å². The Hall–Kier alpha value is -2.96. The maximum Gasteiger partial charge on any atom is 0.245 e. The average Bonchev–Trinajstić information content (AvgIpc) is 3.46. The summed E-state index contributed by atoms with van der Waals surface area (Å²) in [6, 6.07) is 12.3. The number of hydrogen-bond acceptors (Lipinski definition) is 9. The Morgan fingerprint density at radius 1 is 0.974 bits per heavy atom. The number of likely N-dealkylation sites (N-methyl/N-ethyl adjacent to an activating group) is 1. The Labute approximate surface area is 228 Å². The number of aromatic nitrogens is 2. The zero-order valence-corrected chi connectivity index (χ0v) is 22.8. The number of phenols is 1. The monoisotopic (exact) mass is 557 g/mol. The molecule has 0 atom stereocenters. The number of benzene rings is 2. The van der Waals surface area contributed by atoms with Crippen LogP contribution in [0.1, 0.15) is 18.4 Å². The van der Waals surface area contributed by atoms with Gasteiger partial charge in [0.15, 0.2) is 5.82 Å². The summed E-state index contributed by atoms with van der Waals surface area (Å²) < 4.78 is 27.9. The van der Waals surface area contributed by atoms with Gasteiger partial charge in [0.25, 0.3) is 0 Å². The summed E-state index contributed by atoms with van der Waals surface area (Å²) >= 11 is 6.36. The van der Waals surface area contributed by atoms with Crippen LogP contribution in [0.2, 0.25) is 5.02 Å². The lowest BCUT2D eigenvalue weighted by Crippen LogP contribution is -2.43. The molecule has 1 aromatic heterocycles. The summed E-state index contributed by atoms with van der Waals surface area (Å²) in [6.45, 7) is 6.11. The van der Waals surface area contributed by atoms with Crippen molar-refractivity contribution in [1.29, 1.82) is 0 Å². The molecular formula is C26H32ClN7O3S. The van der Waals surface area contributed by atoms with Crippen molar-refractivity contribution in [1.82, 2.24) is 24.1 Å². The predicted molar refractivity (Wildman–Crippen MR) is 149 cm³/mol. The Morgan fingerprint density at radius 3 is 2.39 bits per heavy atom. The number of phenolic OH excluding ortho intramolecular Hbond substituents is 1. The summed E-state index contributed by atoms with van der Waals surface area (Å²) in [5.41, 5.74) is 2.33. The second kappa shape index (κ2) is 11.4. The number of anilines is 4. The molecule has 0 saturated carbocycles. The van der Waals surface area contributed by atoms with E-state index in [0.717, 1.165) is 51.3 Å². The predicted octanol–water partition coefficient (Wildman–Crippen LogP) is 3.85. The molecule has 5 rings (SSSR count). The second-order valence-corrected chi connectivity index (χ2v) is 12.0. The van der Waals surface area contributed by atoms with E-state index >= 15 is 0 Å². The zero-order chi connectivity index (χ0) is 26.7. The molecule has 38 heavy (non-hydrogen) atoms. The van der Waals surface area contributed by atoms with E-state index in [0.29, 0.717) is 19.0 Å². The fourth-order valence-electron chi connectivity index (χ4n) is 4.62. The number of aromatic hydroxyl groups is 1. The van der Waals surface area contributed by atoms with Gasteiger partial charge in [-0.15, -0.1) is 0 Å². The van der Waals surface area contributed by atoms with Crippen molar-refractivity contribution in [3.63, 3.8) is 0 Å². The number of sulfonamides is 1. The minimum absolute atomic E-state index is 0.0282. The highest BCUT2D eigenvalue weighted by Gasteiger charge is 2.30. The van der Waals surface area contributed by atoms with Gasteiger partial charge in [-0.05, 0) is 49.7 Å². The molecule has 3 aromatic rings. The van der Waals surface area contributed by atoms with Crippen LogP contribution in [0.25, 0.3) is 0 Å². The van der Waals surface area contributed by atoms with Crippen LogP contribution in [-0.4, -0.2) is 83.9 Å². The molecule has 3 heterocycles. The van der Waals surface area contributed by atoms with Crippen LogP contribution in [0.4, 0.5) is 23.1 Å². The number of piperazine rings is 1. The molecule has 3 N–H and O–H groups in total. The molecule has 0 spiro atoms. The Kier molecular flexibility index (Phi) is 8.01. The van der Waals surface area contributed by atoms with Gasteiger partial charge in [0.05, 0.1) is 11.9 Å². The van der Waals surface area contributed by atoms with Gasteiger partial charge in [-0.25, -0.2) is 13.4 Å². The van der Waals surface area contributed by atoms with Crippen LogP contribution in [0.15, 0.2) is 53.6 Å².